The fourth-order valence-electron chi connectivity index (χ4n) is 1.63. The Morgan fingerprint density at radius 1 is 1.47 bits per heavy atom. The van der Waals surface area contributed by atoms with Crippen LogP contribution in [-0.4, -0.2) is 18.1 Å². The van der Waals surface area contributed by atoms with Gasteiger partial charge in [-0.2, -0.15) is 17.0 Å². The first kappa shape index (κ1) is 14.1. The molecule has 0 aromatic heterocycles. The van der Waals surface area contributed by atoms with Crippen LogP contribution in [-0.2, 0) is 0 Å². The molecule has 0 saturated carbocycles. The molecular formula is C14H20N2S. The van der Waals surface area contributed by atoms with Crippen molar-refractivity contribution in [1.29, 1.82) is 5.26 Å². The molecule has 1 N–H and O–H groups in total. The van der Waals surface area contributed by atoms with Crippen LogP contribution in [0.2, 0.25) is 0 Å². The molecule has 1 unspecified atom stereocenters. The molecule has 1 aromatic carbocycles. The number of hydrogen-bond acceptors (Lipinski definition) is 3. The van der Waals surface area contributed by atoms with Crippen molar-refractivity contribution in [3.63, 3.8) is 0 Å². The van der Waals surface area contributed by atoms with Gasteiger partial charge in [-0.05, 0) is 49.1 Å². The van der Waals surface area contributed by atoms with Crippen LogP contribution in [0.15, 0.2) is 24.3 Å². The summed E-state index contributed by atoms with van der Waals surface area (Å²) in [6.45, 7) is 5.36. The van der Waals surface area contributed by atoms with Crippen molar-refractivity contribution in [3.05, 3.63) is 35.4 Å². The lowest BCUT2D eigenvalue weighted by Crippen LogP contribution is -2.20. The highest BCUT2D eigenvalue weighted by Gasteiger charge is 2.04. The van der Waals surface area contributed by atoms with Crippen molar-refractivity contribution in [1.82, 2.24) is 5.32 Å². The lowest BCUT2D eigenvalue weighted by atomic mass is 10.1. The zero-order chi connectivity index (χ0) is 12.5. The first-order valence-corrected chi connectivity index (χ1v) is 7.24. The highest BCUT2D eigenvalue weighted by molar-refractivity contribution is 7.99. The van der Waals surface area contributed by atoms with Crippen LogP contribution in [0.5, 0.6) is 0 Å². The summed E-state index contributed by atoms with van der Waals surface area (Å²) >= 11 is 1.98. The average Bonchev–Trinajstić information content (AvgIpc) is 2.38. The number of nitrogens with zero attached hydrogens (tertiary/aromatic N) is 1. The Morgan fingerprint density at radius 2 is 2.29 bits per heavy atom. The minimum absolute atomic E-state index is 0.315. The molecule has 0 spiro atoms. The molecule has 0 heterocycles. The largest absolute Gasteiger partial charge is 0.310 e. The molecule has 92 valence electrons. The minimum Gasteiger partial charge on any atom is -0.310 e. The third-order valence-electron chi connectivity index (χ3n) is 2.64. The van der Waals surface area contributed by atoms with Crippen molar-refractivity contribution < 1.29 is 0 Å². The lowest BCUT2D eigenvalue weighted by molar-refractivity contribution is 0.572. The second-order valence-electron chi connectivity index (χ2n) is 3.96. The zero-order valence-corrected chi connectivity index (χ0v) is 11.4. The Bertz CT molecular complexity index is 371. The van der Waals surface area contributed by atoms with Crippen molar-refractivity contribution in [2.45, 2.75) is 26.3 Å². The van der Waals surface area contributed by atoms with Crippen molar-refractivity contribution in [2.75, 3.05) is 18.1 Å². The van der Waals surface area contributed by atoms with Gasteiger partial charge in [0.05, 0.1) is 11.6 Å². The van der Waals surface area contributed by atoms with Crippen molar-refractivity contribution >= 4 is 11.8 Å². The number of benzene rings is 1. The van der Waals surface area contributed by atoms with Gasteiger partial charge in [0.2, 0.25) is 0 Å². The molecule has 17 heavy (non-hydrogen) atoms. The molecule has 1 rings (SSSR count). The summed E-state index contributed by atoms with van der Waals surface area (Å²) in [5.41, 5.74) is 1.92. The quantitative estimate of drug-likeness (QED) is 0.752. The molecule has 2 nitrogen and oxygen atoms in total. The van der Waals surface area contributed by atoms with Gasteiger partial charge in [-0.25, -0.2) is 0 Å². The van der Waals surface area contributed by atoms with Gasteiger partial charge in [0, 0.05) is 6.04 Å². The van der Waals surface area contributed by atoms with E-state index < -0.39 is 0 Å². The Hall–Kier alpha value is -0.980. The Kier molecular flexibility index (Phi) is 6.76. The van der Waals surface area contributed by atoms with Crippen LogP contribution >= 0.6 is 11.8 Å². The van der Waals surface area contributed by atoms with E-state index in [2.05, 4.69) is 31.3 Å². The highest BCUT2D eigenvalue weighted by Crippen LogP contribution is 2.13. The Morgan fingerprint density at radius 3 is 3.00 bits per heavy atom. The standard InChI is InChI=1S/C14H20N2S/c1-3-17-9-5-8-16-12(2)14-7-4-6-13(10-14)11-15/h4,6-7,10,12,16H,3,5,8-9H2,1-2H3. The third-order valence-corrected chi connectivity index (χ3v) is 3.62. The molecule has 0 radical (unpaired) electrons. The van der Waals surface area contributed by atoms with Crippen LogP contribution in [0, 0.1) is 11.3 Å². The van der Waals surface area contributed by atoms with Gasteiger partial charge in [0.25, 0.3) is 0 Å². The fourth-order valence-corrected chi connectivity index (χ4v) is 2.27. The summed E-state index contributed by atoms with van der Waals surface area (Å²) in [7, 11) is 0. The predicted molar refractivity (Wildman–Crippen MR) is 75.2 cm³/mol. The monoisotopic (exact) mass is 248 g/mol. The van der Waals surface area contributed by atoms with Crippen LogP contribution in [0.25, 0.3) is 0 Å². The smallest absolute Gasteiger partial charge is 0.0991 e. The summed E-state index contributed by atoms with van der Waals surface area (Å²) in [4.78, 5) is 0. The van der Waals surface area contributed by atoms with Gasteiger partial charge in [0.15, 0.2) is 0 Å². The third kappa shape index (κ3) is 5.25. The summed E-state index contributed by atoms with van der Waals surface area (Å²) < 4.78 is 0. The van der Waals surface area contributed by atoms with E-state index in [9.17, 15) is 0 Å². The molecule has 0 amide bonds. The Balaban J connectivity index is 2.36. The topological polar surface area (TPSA) is 35.8 Å². The number of nitriles is 1. The molecule has 0 fully saturated rings. The molecule has 3 heteroatoms. The Labute approximate surface area is 108 Å². The second kappa shape index (κ2) is 8.16. The van der Waals surface area contributed by atoms with E-state index >= 15 is 0 Å². The van der Waals surface area contributed by atoms with Crippen LogP contribution in [0.3, 0.4) is 0 Å². The molecule has 0 saturated heterocycles. The van der Waals surface area contributed by atoms with Gasteiger partial charge in [-0.1, -0.05) is 19.1 Å². The second-order valence-corrected chi connectivity index (χ2v) is 5.36. The zero-order valence-electron chi connectivity index (χ0n) is 10.6. The van der Waals surface area contributed by atoms with Crippen molar-refractivity contribution in [3.8, 4) is 6.07 Å². The highest BCUT2D eigenvalue weighted by atomic mass is 32.2. The van der Waals surface area contributed by atoms with E-state index in [1.807, 2.05) is 30.0 Å². The maximum absolute atomic E-state index is 8.84. The van der Waals surface area contributed by atoms with E-state index in [0.29, 0.717) is 6.04 Å². The SMILES string of the molecule is CCSCCCNC(C)c1cccc(C#N)c1. The number of hydrogen-bond donors (Lipinski definition) is 1. The van der Waals surface area contributed by atoms with E-state index in [1.165, 1.54) is 23.5 Å². The average molecular weight is 248 g/mol. The first-order chi connectivity index (χ1) is 8.27. The molecule has 0 aliphatic carbocycles. The molecular weight excluding hydrogens is 228 g/mol. The van der Waals surface area contributed by atoms with Gasteiger partial charge >= 0.3 is 0 Å². The summed E-state index contributed by atoms with van der Waals surface area (Å²) in [5, 5.41) is 12.3. The maximum Gasteiger partial charge on any atom is 0.0991 e. The molecule has 0 aliphatic heterocycles. The van der Waals surface area contributed by atoms with Gasteiger partial charge in [-0.15, -0.1) is 0 Å². The van der Waals surface area contributed by atoms with Crippen LogP contribution < -0.4 is 5.32 Å². The maximum atomic E-state index is 8.84. The number of thioether (sulfide) groups is 1. The molecule has 1 atom stereocenters. The van der Waals surface area contributed by atoms with E-state index in [4.69, 9.17) is 5.26 Å². The predicted octanol–water partition coefficient (Wildman–Crippen LogP) is 3.35. The number of rotatable bonds is 7. The van der Waals surface area contributed by atoms with E-state index in [-0.39, 0.29) is 0 Å². The fraction of sp³-hybridized carbons (Fsp3) is 0.500. The summed E-state index contributed by atoms with van der Waals surface area (Å²) in [5.74, 6) is 2.41. The first-order valence-electron chi connectivity index (χ1n) is 6.09. The molecule has 0 aliphatic rings. The van der Waals surface area contributed by atoms with E-state index in [1.54, 1.807) is 0 Å². The van der Waals surface area contributed by atoms with Gasteiger partial charge in [-0.3, -0.25) is 0 Å². The van der Waals surface area contributed by atoms with Crippen LogP contribution in [0.1, 0.15) is 37.4 Å². The normalized spacial score (nSPS) is 12.1. The van der Waals surface area contributed by atoms with Gasteiger partial charge in [0.1, 0.15) is 0 Å². The summed E-state index contributed by atoms with van der Waals surface area (Å²) in [6.07, 6.45) is 1.20. The summed E-state index contributed by atoms with van der Waals surface area (Å²) in [6, 6.07) is 10.3. The molecule has 1 aromatic rings. The van der Waals surface area contributed by atoms with Gasteiger partial charge < -0.3 is 5.32 Å². The number of nitrogens with one attached hydrogen (secondary N) is 1. The minimum atomic E-state index is 0.315. The molecule has 0 bridgehead atoms. The van der Waals surface area contributed by atoms with Crippen molar-refractivity contribution in [2.24, 2.45) is 0 Å². The van der Waals surface area contributed by atoms with E-state index in [0.717, 1.165) is 12.1 Å². The van der Waals surface area contributed by atoms with Crippen LogP contribution in [0.4, 0.5) is 0 Å². The lowest BCUT2D eigenvalue weighted by Gasteiger charge is -2.14.